The molecule has 1 heterocycles. The molecule has 3 heteroatoms. The van der Waals surface area contributed by atoms with Gasteiger partial charge < -0.3 is 9.47 Å². The maximum Gasteiger partial charge on any atom is 0.144 e. The van der Waals surface area contributed by atoms with Gasteiger partial charge >= 0.3 is 0 Å². The first-order valence-corrected chi connectivity index (χ1v) is 6.26. The molecule has 0 radical (unpaired) electrons. The van der Waals surface area contributed by atoms with Crippen LogP contribution in [0, 0.1) is 0 Å². The van der Waals surface area contributed by atoms with E-state index >= 15 is 0 Å². The average Bonchev–Trinajstić information content (AvgIpc) is 2.87. The molecule has 3 rings (SSSR count). The number of rotatable bonds is 3. The lowest BCUT2D eigenvalue weighted by Crippen LogP contribution is -2.11. The molecule has 0 amide bonds. The van der Waals surface area contributed by atoms with Gasteiger partial charge in [0.05, 0.1) is 6.61 Å². The quantitative estimate of drug-likeness (QED) is 0.753. The monoisotopic (exact) mass is 238 g/mol. The molecule has 0 saturated heterocycles. The summed E-state index contributed by atoms with van der Waals surface area (Å²) in [5.41, 5.74) is 3.58. The van der Waals surface area contributed by atoms with E-state index in [9.17, 15) is 0 Å². The van der Waals surface area contributed by atoms with Crippen molar-refractivity contribution in [3.05, 3.63) is 53.6 Å². The van der Waals surface area contributed by atoms with Crippen molar-refractivity contribution < 1.29 is 9.47 Å². The Labute approximate surface area is 108 Å². The minimum atomic E-state index is 0.609. The zero-order valence-corrected chi connectivity index (χ0v) is 10.5. The minimum Gasteiger partial charge on any atom is -0.493 e. The van der Waals surface area contributed by atoms with Crippen LogP contribution in [0.5, 0.6) is 11.5 Å². The fourth-order valence-corrected chi connectivity index (χ4v) is 2.29. The molecule has 18 heavy (non-hydrogen) atoms. The van der Waals surface area contributed by atoms with Crippen LogP contribution in [0.15, 0.2) is 42.5 Å². The lowest BCUT2D eigenvalue weighted by molar-refractivity contribution is 0.306. The number of hydrogen-bond donors (Lipinski definition) is 0. The molecule has 90 valence electrons. The molecular weight excluding hydrogens is 223 g/mol. The molecule has 2 aromatic carbocycles. The van der Waals surface area contributed by atoms with Crippen LogP contribution in [0.1, 0.15) is 11.1 Å². The molecule has 0 unspecified atom stereocenters. The van der Waals surface area contributed by atoms with Crippen LogP contribution >= 0.6 is 0 Å². The van der Waals surface area contributed by atoms with Crippen LogP contribution in [0.2, 0.25) is 0 Å². The Morgan fingerprint density at radius 3 is 2.78 bits per heavy atom. The Balaban J connectivity index is 1.83. The summed E-state index contributed by atoms with van der Waals surface area (Å²) in [6, 6.07) is 14.3. The third kappa shape index (κ3) is 2.08. The molecule has 0 fully saturated rings. The number of fused-ring (bicyclic) bond motifs is 1. The van der Waals surface area contributed by atoms with Gasteiger partial charge in [-0.15, -0.1) is 0 Å². The van der Waals surface area contributed by atoms with Crippen LogP contribution in [-0.4, -0.2) is 14.5 Å². The Bertz CT molecular complexity index is 552. The van der Waals surface area contributed by atoms with Crippen LogP contribution in [0.3, 0.4) is 0 Å². The van der Waals surface area contributed by atoms with Crippen molar-refractivity contribution in [1.82, 2.24) is 0 Å². The summed E-state index contributed by atoms with van der Waals surface area (Å²) in [4.78, 5) is 0. The highest BCUT2D eigenvalue weighted by Gasteiger charge is 2.18. The van der Waals surface area contributed by atoms with E-state index in [1.54, 1.807) is 0 Å². The third-order valence-corrected chi connectivity index (χ3v) is 3.25. The van der Waals surface area contributed by atoms with Crippen LogP contribution in [-0.2, 0) is 13.0 Å². The molecule has 0 saturated carbocycles. The van der Waals surface area contributed by atoms with Crippen molar-refractivity contribution in [2.45, 2.75) is 13.0 Å². The zero-order valence-electron chi connectivity index (χ0n) is 10.5. The topological polar surface area (TPSA) is 18.5 Å². The SMILES string of the molecule is Bc1ccc2c(c1OCc1ccccc1)CCO2. The molecule has 0 atom stereocenters. The van der Waals surface area contributed by atoms with Crippen molar-refractivity contribution in [3.8, 4) is 11.5 Å². The van der Waals surface area contributed by atoms with E-state index in [-0.39, 0.29) is 0 Å². The highest BCUT2D eigenvalue weighted by atomic mass is 16.5. The van der Waals surface area contributed by atoms with Crippen molar-refractivity contribution >= 4 is 13.3 Å². The number of benzene rings is 2. The Morgan fingerprint density at radius 1 is 1.11 bits per heavy atom. The first-order chi connectivity index (χ1) is 8.84. The molecule has 0 N–H and O–H groups in total. The van der Waals surface area contributed by atoms with Gasteiger partial charge in [-0.1, -0.05) is 36.4 Å². The molecule has 2 aromatic rings. The Hall–Kier alpha value is -1.90. The zero-order chi connectivity index (χ0) is 12.4. The lowest BCUT2D eigenvalue weighted by Gasteiger charge is -2.13. The van der Waals surface area contributed by atoms with Crippen molar-refractivity contribution in [1.29, 1.82) is 0 Å². The van der Waals surface area contributed by atoms with E-state index in [1.807, 2.05) is 24.3 Å². The van der Waals surface area contributed by atoms with Gasteiger partial charge in [0.2, 0.25) is 0 Å². The molecular formula is C15H15BO2. The summed E-state index contributed by atoms with van der Waals surface area (Å²) in [5.74, 6) is 1.97. The summed E-state index contributed by atoms with van der Waals surface area (Å²) in [5, 5.41) is 0. The smallest absolute Gasteiger partial charge is 0.144 e. The van der Waals surface area contributed by atoms with Gasteiger partial charge in [0, 0.05) is 12.0 Å². The molecule has 0 aliphatic carbocycles. The maximum absolute atomic E-state index is 5.99. The van der Waals surface area contributed by atoms with Crippen molar-refractivity contribution in [3.63, 3.8) is 0 Å². The van der Waals surface area contributed by atoms with E-state index in [1.165, 1.54) is 16.6 Å². The standard InChI is InChI=1S/C15H15BO2/c16-13-6-7-14-12(8-9-17-14)15(13)18-10-11-4-2-1-3-5-11/h1-7H,8-10,16H2. The van der Waals surface area contributed by atoms with Crippen LogP contribution in [0.25, 0.3) is 0 Å². The first-order valence-electron chi connectivity index (χ1n) is 6.26. The van der Waals surface area contributed by atoms with E-state index in [0.29, 0.717) is 6.61 Å². The summed E-state index contributed by atoms with van der Waals surface area (Å²) >= 11 is 0. The maximum atomic E-state index is 5.99. The highest BCUT2D eigenvalue weighted by molar-refractivity contribution is 6.34. The minimum absolute atomic E-state index is 0.609. The van der Waals surface area contributed by atoms with E-state index in [4.69, 9.17) is 9.47 Å². The number of hydrogen-bond acceptors (Lipinski definition) is 2. The van der Waals surface area contributed by atoms with Crippen LogP contribution < -0.4 is 14.9 Å². The van der Waals surface area contributed by atoms with Crippen molar-refractivity contribution in [2.24, 2.45) is 0 Å². The van der Waals surface area contributed by atoms with Gasteiger partial charge in [-0.3, -0.25) is 0 Å². The molecule has 2 nitrogen and oxygen atoms in total. The van der Waals surface area contributed by atoms with E-state index < -0.39 is 0 Å². The third-order valence-electron chi connectivity index (χ3n) is 3.25. The second-order valence-electron chi connectivity index (χ2n) is 4.56. The fraction of sp³-hybridized carbons (Fsp3) is 0.200. The predicted molar refractivity (Wildman–Crippen MR) is 74.6 cm³/mol. The van der Waals surface area contributed by atoms with Gasteiger partial charge in [-0.25, -0.2) is 0 Å². The first kappa shape index (κ1) is 11.2. The van der Waals surface area contributed by atoms with E-state index in [0.717, 1.165) is 24.5 Å². The summed E-state index contributed by atoms with van der Waals surface area (Å²) in [7, 11) is 2.08. The van der Waals surface area contributed by atoms with Gasteiger partial charge in [-0.05, 0) is 17.1 Å². The molecule has 1 aliphatic heterocycles. The van der Waals surface area contributed by atoms with E-state index in [2.05, 4.69) is 26.0 Å². The fourth-order valence-electron chi connectivity index (χ4n) is 2.29. The molecule has 0 aromatic heterocycles. The predicted octanol–water partition coefficient (Wildman–Crippen LogP) is 1.46. The average molecular weight is 238 g/mol. The lowest BCUT2D eigenvalue weighted by atomic mass is 9.92. The highest BCUT2D eigenvalue weighted by Crippen LogP contribution is 2.31. The molecule has 1 aliphatic rings. The summed E-state index contributed by atoms with van der Waals surface area (Å²) in [6.07, 6.45) is 0.946. The van der Waals surface area contributed by atoms with Gasteiger partial charge in [0.1, 0.15) is 26.0 Å². The largest absolute Gasteiger partial charge is 0.493 e. The molecule has 0 spiro atoms. The number of ether oxygens (including phenoxy) is 2. The van der Waals surface area contributed by atoms with Gasteiger partial charge in [0.15, 0.2) is 0 Å². The van der Waals surface area contributed by atoms with Crippen LogP contribution in [0.4, 0.5) is 0 Å². The summed E-state index contributed by atoms with van der Waals surface area (Å²) in [6.45, 7) is 1.37. The van der Waals surface area contributed by atoms with Crippen molar-refractivity contribution in [2.75, 3.05) is 6.61 Å². The normalized spacial score (nSPS) is 12.9. The second kappa shape index (κ2) is 4.77. The Morgan fingerprint density at radius 2 is 1.94 bits per heavy atom. The second-order valence-corrected chi connectivity index (χ2v) is 4.56. The van der Waals surface area contributed by atoms with Gasteiger partial charge in [0.25, 0.3) is 0 Å². The molecule has 0 bridgehead atoms. The van der Waals surface area contributed by atoms with Gasteiger partial charge in [-0.2, -0.15) is 0 Å². The Kier molecular flexibility index (Phi) is 2.97. The summed E-state index contributed by atoms with van der Waals surface area (Å²) < 4.78 is 11.6.